The van der Waals surface area contributed by atoms with Gasteiger partial charge in [0.25, 0.3) is 0 Å². The summed E-state index contributed by atoms with van der Waals surface area (Å²) in [6.07, 6.45) is 0.542. The number of rotatable bonds is 6. The van der Waals surface area contributed by atoms with E-state index in [1.165, 1.54) is 6.92 Å². The summed E-state index contributed by atoms with van der Waals surface area (Å²) in [7, 11) is -2.63. The molecular weight excluding hydrogens is 241 g/mol. The molecule has 1 unspecified atom stereocenters. The maximum absolute atomic E-state index is 11.1. The Morgan fingerprint density at radius 1 is 1.41 bits per heavy atom. The zero-order chi connectivity index (χ0) is 12.8. The molecule has 0 aromatic heterocycles. The summed E-state index contributed by atoms with van der Waals surface area (Å²) >= 11 is 0. The summed E-state index contributed by atoms with van der Waals surface area (Å²) in [5.74, 6) is -1.10. The minimum atomic E-state index is -2.63. The molecule has 1 aromatic carbocycles. The van der Waals surface area contributed by atoms with Gasteiger partial charge in [-0.05, 0) is 23.5 Å². The number of hydrogen-bond acceptors (Lipinski definition) is 2. The molecule has 0 saturated carbocycles. The molecule has 92 valence electrons. The quantitative estimate of drug-likeness (QED) is 0.757. The molecule has 0 saturated heterocycles. The van der Waals surface area contributed by atoms with E-state index in [9.17, 15) is 9.36 Å². The molecule has 0 bridgehead atoms. The van der Waals surface area contributed by atoms with Crippen LogP contribution in [-0.4, -0.2) is 33.2 Å². The SMILES string of the molecule is C[C@H](C(=O)O)N(CCc1ccccc1)[P+](=O)O. The zero-order valence-corrected chi connectivity index (χ0v) is 10.4. The molecule has 0 amide bonds. The average Bonchev–Trinajstić information content (AvgIpc) is 2.29. The fourth-order valence-electron chi connectivity index (χ4n) is 1.44. The Morgan fingerprint density at radius 2 is 2.00 bits per heavy atom. The van der Waals surface area contributed by atoms with Crippen molar-refractivity contribution in [3.63, 3.8) is 0 Å². The minimum Gasteiger partial charge on any atom is -0.480 e. The highest BCUT2D eigenvalue weighted by molar-refractivity contribution is 7.35. The Morgan fingerprint density at radius 3 is 2.47 bits per heavy atom. The van der Waals surface area contributed by atoms with Crippen molar-refractivity contribution in [1.29, 1.82) is 0 Å². The molecule has 6 heteroatoms. The first-order valence-corrected chi connectivity index (χ1v) is 6.38. The third-order valence-corrected chi connectivity index (χ3v) is 3.48. The van der Waals surface area contributed by atoms with Crippen LogP contribution in [0.1, 0.15) is 12.5 Å². The van der Waals surface area contributed by atoms with Gasteiger partial charge < -0.3 is 5.11 Å². The van der Waals surface area contributed by atoms with E-state index in [1.54, 1.807) is 0 Å². The number of carboxylic acid groups (broad SMARTS) is 1. The number of carbonyl (C=O) groups is 1. The standard InChI is InChI=1S/C11H14NO4P/c1-9(11(13)14)12(17(15)16)8-7-10-5-3-2-4-6-10/h2-6,9H,7-8H2,1H3,(H-,13,14,15,16)/p+1/t9-/m1/s1. The van der Waals surface area contributed by atoms with Gasteiger partial charge in [0.1, 0.15) is 0 Å². The number of hydrogen-bond donors (Lipinski definition) is 2. The summed E-state index contributed by atoms with van der Waals surface area (Å²) in [6.45, 7) is 1.64. The van der Waals surface area contributed by atoms with Crippen molar-refractivity contribution in [2.45, 2.75) is 19.4 Å². The molecule has 17 heavy (non-hydrogen) atoms. The van der Waals surface area contributed by atoms with Crippen molar-refractivity contribution in [2.24, 2.45) is 0 Å². The van der Waals surface area contributed by atoms with E-state index in [1.807, 2.05) is 30.3 Å². The zero-order valence-electron chi connectivity index (χ0n) is 9.48. The summed E-state index contributed by atoms with van der Waals surface area (Å²) in [5, 5.41) is 8.82. The first-order chi connectivity index (χ1) is 8.02. The highest BCUT2D eigenvalue weighted by atomic mass is 31.1. The van der Waals surface area contributed by atoms with Crippen LogP contribution in [0.3, 0.4) is 0 Å². The summed E-state index contributed by atoms with van der Waals surface area (Å²) < 4.78 is 12.2. The van der Waals surface area contributed by atoms with Crippen LogP contribution in [0.25, 0.3) is 0 Å². The molecule has 0 spiro atoms. The summed E-state index contributed by atoms with van der Waals surface area (Å²) in [6, 6.07) is 8.46. The minimum absolute atomic E-state index is 0.239. The van der Waals surface area contributed by atoms with Gasteiger partial charge >= 0.3 is 14.1 Å². The molecule has 1 aromatic rings. The molecule has 5 nitrogen and oxygen atoms in total. The first-order valence-electron chi connectivity index (χ1n) is 5.21. The van der Waals surface area contributed by atoms with Crippen molar-refractivity contribution in [3.8, 4) is 0 Å². The predicted molar refractivity (Wildman–Crippen MR) is 63.8 cm³/mol. The molecule has 0 aliphatic heterocycles. The third-order valence-electron chi connectivity index (χ3n) is 2.50. The second kappa shape index (κ2) is 6.45. The van der Waals surface area contributed by atoms with Gasteiger partial charge in [-0.2, -0.15) is 0 Å². The van der Waals surface area contributed by atoms with Crippen LogP contribution in [0.2, 0.25) is 0 Å². The highest BCUT2D eigenvalue weighted by Gasteiger charge is 2.35. The largest absolute Gasteiger partial charge is 0.613 e. The second-order valence-electron chi connectivity index (χ2n) is 3.67. The Labute approximate surface area is 101 Å². The molecule has 0 fully saturated rings. The molecule has 0 heterocycles. The lowest BCUT2D eigenvalue weighted by molar-refractivity contribution is -0.141. The Bertz CT molecular complexity index is 396. The molecule has 2 N–H and O–H groups in total. The lowest BCUT2D eigenvalue weighted by Crippen LogP contribution is -2.35. The monoisotopic (exact) mass is 256 g/mol. The van der Waals surface area contributed by atoms with Gasteiger partial charge in [-0.15, -0.1) is 4.89 Å². The van der Waals surface area contributed by atoms with Crippen LogP contribution >= 0.6 is 8.18 Å². The van der Waals surface area contributed by atoms with Crippen LogP contribution < -0.4 is 0 Å². The average molecular weight is 256 g/mol. The molecule has 1 rings (SSSR count). The van der Waals surface area contributed by atoms with Crippen molar-refractivity contribution in [2.75, 3.05) is 6.54 Å². The van der Waals surface area contributed by atoms with Gasteiger partial charge in [0.2, 0.25) is 0 Å². The molecular formula is C11H15NO4P+. The van der Waals surface area contributed by atoms with Crippen molar-refractivity contribution in [3.05, 3.63) is 35.9 Å². The fraction of sp³-hybridized carbons (Fsp3) is 0.364. The van der Waals surface area contributed by atoms with Gasteiger partial charge in [-0.25, -0.2) is 0 Å². The van der Waals surface area contributed by atoms with E-state index in [0.717, 1.165) is 10.2 Å². The van der Waals surface area contributed by atoms with Crippen LogP contribution in [0.15, 0.2) is 30.3 Å². The number of benzene rings is 1. The molecule has 0 aliphatic carbocycles. The topological polar surface area (TPSA) is 77.8 Å². The van der Waals surface area contributed by atoms with E-state index in [2.05, 4.69) is 0 Å². The maximum Gasteiger partial charge on any atom is 0.613 e. The van der Waals surface area contributed by atoms with Gasteiger partial charge in [0.15, 0.2) is 6.04 Å². The lowest BCUT2D eigenvalue weighted by Gasteiger charge is -2.12. The van der Waals surface area contributed by atoms with Crippen LogP contribution in [-0.2, 0) is 15.8 Å². The number of carboxylic acids is 1. The maximum atomic E-state index is 11.1. The van der Waals surface area contributed by atoms with E-state index in [-0.39, 0.29) is 6.54 Å². The van der Waals surface area contributed by atoms with Gasteiger partial charge in [0, 0.05) is 0 Å². The Hall–Kier alpha value is -1.29. The number of aliphatic carboxylic acids is 1. The lowest BCUT2D eigenvalue weighted by atomic mass is 10.1. The van der Waals surface area contributed by atoms with E-state index in [4.69, 9.17) is 10.00 Å². The molecule has 0 radical (unpaired) electrons. The number of nitrogens with zero attached hydrogens (tertiary/aromatic N) is 1. The Balaban J connectivity index is 2.63. The fourth-order valence-corrected chi connectivity index (χ4v) is 2.11. The third kappa shape index (κ3) is 4.23. The summed E-state index contributed by atoms with van der Waals surface area (Å²) in [5.41, 5.74) is 1.01. The first kappa shape index (κ1) is 13.8. The second-order valence-corrected chi connectivity index (χ2v) is 4.68. The van der Waals surface area contributed by atoms with E-state index < -0.39 is 20.2 Å². The smallest absolute Gasteiger partial charge is 0.480 e. The molecule has 2 atom stereocenters. The van der Waals surface area contributed by atoms with Crippen LogP contribution in [0, 0.1) is 0 Å². The highest BCUT2D eigenvalue weighted by Crippen LogP contribution is 2.24. The van der Waals surface area contributed by atoms with Gasteiger partial charge in [0.05, 0.1) is 6.54 Å². The van der Waals surface area contributed by atoms with Crippen LogP contribution in [0.4, 0.5) is 0 Å². The normalized spacial score (nSPS) is 13.5. The van der Waals surface area contributed by atoms with Crippen molar-refractivity contribution < 1.29 is 19.4 Å². The van der Waals surface area contributed by atoms with Gasteiger partial charge in [-0.1, -0.05) is 35.0 Å². The van der Waals surface area contributed by atoms with E-state index in [0.29, 0.717) is 6.42 Å². The Kier molecular flexibility index (Phi) is 5.22. The molecule has 0 aliphatic rings. The van der Waals surface area contributed by atoms with Crippen LogP contribution in [0.5, 0.6) is 0 Å². The summed E-state index contributed by atoms with van der Waals surface area (Å²) in [4.78, 5) is 19.9. The van der Waals surface area contributed by atoms with Crippen molar-refractivity contribution >= 4 is 14.1 Å². The van der Waals surface area contributed by atoms with E-state index >= 15 is 0 Å². The predicted octanol–water partition coefficient (Wildman–Crippen LogP) is 1.65. The van der Waals surface area contributed by atoms with Crippen molar-refractivity contribution in [1.82, 2.24) is 4.67 Å². The van der Waals surface area contributed by atoms with Gasteiger partial charge in [-0.3, -0.25) is 4.79 Å².